The van der Waals surface area contributed by atoms with Crippen molar-refractivity contribution < 1.29 is 14.9 Å². The van der Waals surface area contributed by atoms with Crippen LogP contribution in [0.1, 0.15) is 12.8 Å². The summed E-state index contributed by atoms with van der Waals surface area (Å²) in [6.07, 6.45) is 1.43. The second kappa shape index (κ2) is 6.73. The number of aliphatic hydroxyl groups is 2. The lowest BCUT2D eigenvalue weighted by molar-refractivity contribution is 0.0966. The zero-order chi connectivity index (χ0) is 12.8. The van der Waals surface area contributed by atoms with Crippen molar-refractivity contribution in [2.45, 2.75) is 25.0 Å². The van der Waals surface area contributed by atoms with Crippen LogP contribution in [0.3, 0.4) is 0 Å². The molecule has 1 aliphatic rings. The number of aliphatic hydroxyl groups excluding tert-OH is 2. The minimum Gasteiger partial charge on any atom is -0.491 e. The molecule has 0 heterocycles. The van der Waals surface area contributed by atoms with Crippen LogP contribution < -0.4 is 10.1 Å². The monoisotopic (exact) mass is 251 g/mol. The van der Waals surface area contributed by atoms with Gasteiger partial charge in [-0.2, -0.15) is 0 Å². The number of rotatable bonds is 8. The summed E-state index contributed by atoms with van der Waals surface area (Å²) in [7, 11) is 0. The van der Waals surface area contributed by atoms with Crippen molar-refractivity contribution in [1.82, 2.24) is 5.32 Å². The summed E-state index contributed by atoms with van der Waals surface area (Å²) in [6, 6.07) is 9.43. The molecule has 100 valence electrons. The summed E-state index contributed by atoms with van der Waals surface area (Å²) in [4.78, 5) is 0. The average Bonchev–Trinajstić information content (AvgIpc) is 3.22. The Labute approximate surface area is 108 Å². The van der Waals surface area contributed by atoms with E-state index in [1.807, 2.05) is 30.3 Å². The van der Waals surface area contributed by atoms with E-state index in [4.69, 9.17) is 4.74 Å². The molecule has 0 radical (unpaired) electrons. The third kappa shape index (κ3) is 4.64. The van der Waals surface area contributed by atoms with Gasteiger partial charge in [-0.1, -0.05) is 18.2 Å². The number of benzene rings is 1. The van der Waals surface area contributed by atoms with Crippen LogP contribution in [-0.4, -0.2) is 42.1 Å². The molecule has 1 aliphatic carbocycles. The van der Waals surface area contributed by atoms with Crippen LogP contribution in [0.5, 0.6) is 5.75 Å². The molecule has 2 unspecified atom stereocenters. The van der Waals surface area contributed by atoms with E-state index in [-0.39, 0.29) is 12.7 Å². The molecule has 4 heteroatoms. The zero-order valence-electron chi connectivity index (χ0n) is 10.5. The second-order valence-electron chi connectivity index (χ2n) is 4.84. The maximum absolute atomic E-state index is 9.71. The minimum atomic E-state index is -0.559. The SMILES string of the molecule is OC(CNCC(O)C1CC1)COc1ccccc1. The number of hydrogen-bond acceptors (Lipinski definition) is 4. The molecule has 4 nitrogen and oxygen atoms in total. The molecule has 2 rings (SSSR count). The number of nitrogens with one attached hydrogen (secondary N) is 1. The highest BCUT2D eigenvalue weighted by molar-refractivity contribution is 5.20. The number of para-hydroxylation sites is 1. The Hall–Kier alpha value is -1.10. The first-order valence-corrected chi connectivity index (χ1v) is 6.50. The van der Waals surface area contributed by atoms with E-state index in [1.54, 1.807) is 0 Å². The first-order valence-electron chi connectivity index (χ1n) is 6.50. The highest BCUT2D eigenvalue weighted by Gasteiger charge is 2.29. The molecule has 18 heavy (non-hydrogen) atoms. The fourth-order valence-electron chi connectivity index (χ4n) is 1.81. The molecule has 1 aromatic carbocycles. The summed E-state index contributed by atoms with van der Waals surface area (Å²) in [5, 5.41) is 22.4. The van der Waals surface area contributed by atoms with E-state index >= 15 is 0 Å². The smallest absolute Gasteiger partial charge is 0.119 e. The Balaban J connectivity index is 1.56. The van der Waals surface area contributed by atoms with Gasteiger partial charge in [0.2, 0.25) is 0 Å². The van der Waals surface area contributed by atoms with Crippen molar-refractivity contribution in [2.24, 2.45) is 5.92 Å². The quantitative estimate of drug-likeness (QED) is 0.639. The number of ether oxygens (including phenoxy) is 1. The predicted molar refractivity (Wildman–Crippen MR) is 69.5 cm³/mol. The average molecular weight is 251 g/mol. The van der Waals surface area contributed by atoms with E-state index in [1.165, 1.54) is 0 Å². The normalized spacial score (nSPS) is 18.3. The van der Waals surface area contributed by atoms with Crippen LogP contribution in [0.15, 0.2) is 30.3 Å². The molecule has 0 aromatic heterocycles. The van der Waals surface area contributed by atoms with Gasteiger partial charge in [0, 0.05) is 13.1 Å². The highest BCUT2D eigenvalue weighted by Crippen LogP contribution is 2.32. The highest BCUT2D eigenvalue weighted by atomic mass is 16.5. The first kappa shape index (κ1) is 13.3. The maximum Gasteiger partial charge on any atom is 0.119 e. The summed E-state index contributed by atoms with van der Waals surface area (Å²) < 4.78 is 5.43. The molecule has 1 fully saturated rings. The van der Waals surface area contributed by atoms with Crippen molar-refractivity contribution in [1.29, 1.82) is 0 Å². The predicted octanol–water partition coefficient (Wildman–Crippen LogP) is 0.787. The van der Waals surface area contributed by atoms with E-state index in [0.717, 1.165) is 18.6 Å². The van der Waals surface area contributed by atoms with Crippen LogP contribution in [0.25, 0.3) is 0 Å². The van der Waals surface area contributed by atoms with E-state index < -0.39 is 6.10 Å². The summed E-state index contributed by atoms with van der Waals surface area (Å²) in [5.74, 6) is 1.23. The van der Waals surface area contributed by atoms with E-state index in [0.29, 0.717) is 19.0 Å². The van der Waals surface area contributed by atoms with Gasteiger partial charge in [0.25, 0.3) is 0 Å². The van der Waals surface area contributed by atoms with Gasteiger partial charge in [-0.25, -0.2) is 0 Å². The van der Waals surface area contributed by atoms with Gasteiger partial charge in [0.1, 0.15) is 18.5 Å². The van der Waals surface area contributed by atoms with Crippen LogP contribution >= 0.6 is 0 Å². The Bertz CT molecular complexity index is 340. The Morgan fingerprint density at radius 3 is 2.56 bits per heavy atom. The van der Waals surface area contributed by atoms with Crippen LogP contribution in [-0.2, 0) is 0 Å². The van der Waals surface area contributed by atoms with Gasteiger partial charge in [-0.15, -0.1) is 0 Å². The zero-order valence-corrected chi connectivity index (χ0v) is 10.5. The van der Waals surface area contributed by atoms with E-state index in [9.17, 15) is 10.2 Å². The van der Waals surface area contributed by atoms with Crippen molar-refractivity contribution in [3.63, 3.8) is 0 Å². The van der Waals surface area contributed by atoms with Gasteiger partial charge in [-0.05, 0) is 30.9 Å². The van der Waals surface area contributed by atoms with Crippen molar-refractivity contribution in [3.05, 3.63) is 30.3 Å². The molecular formula is C14H21NO3. The van der Waals surface area contributed by atoms with Gasteiger partial charge in [-0.3, -0.25) is 0 Å². The lowest BCUT2D eigenvalue weighted by atomic mass is 10.2. The molecule has 1 aromatic rings. The minimum absolute atomic E-state index is 0.260. The Morgan fingerprint density at radius 1 is 1.17 bits per heavy atom. The van der Waals surface area contributed by atoms with Gasteiger partial charge in [0.05, 0.1) is 6.10 Å². The molecule has 0 aliphatic heterocycles. The molecule has 0 spiro atoms. The maximum atomic E-state index is 9.71. The second-order valence-corrected chi connectivity index (χ2v) is 4.84. The fourth-order valence-corrected chi connectivity index (χ4v) is 1.81. The Kier molecular flexibility index (Phi) is 4.99. The van der Waals surface area contributed by atoms with Gasteiger partial charge < -0.3 is 20.3 Å². The van der Waals surface area contributed by atoms with Crippen LogP contribution in [0.4, 0.5) is 0 Å². The summed E-state index contributed by atoms with van der Waals surface area (Å²) in [5.41, 5.74) is 0. The molecule has 3 N–H and O–H groups in total. The number of hydrogen-bond donors (Lipinski definition) is 3. The fraction of sp³-hybridized carbons (Fsp3) is 0.571. The summed E-state index contributed by atoms with van der Waals surface area (Å²) >= 11 is 0. The molecule has 0 bridgehead atoms. The first-order chi connectivity index (χ1) is 8.75. The molecular weight excluding hydrogens is 230 g/mol. The lowest BCUT2D eigenvalue weighted by Crippen LogP contribution is -2.36. The summed E-state index contributed by atoms with van der Waals surface area (Å²) in [6.45, 7) is 1.25. The lowest BCUT2D eigenvalue weighted by Gasteiger charge is -2.15. The third-order valence-corrected chi connectivity index (χ3v) is 3.09. The molecule has 1 saturated carbocycles. The third-order valence-electron chi connectivity index (χ3n) is 3.09. The topological polar surface area (TPSA) is 61.7 Å². The van der Waals surface area contributed by atoms with Crippen molar-refractivity contribution in [2.75, 3.05) is 19.7 Å². The van der Waals surface area contributed by atoms with Gasteiger partial charge >= 0.3 is 0 Å². The van der Waals surface area contributed by atoms with Crippen molar-refractivity contribution >= 4 is 0 Å². The molecule has 0 saturated heterocycles. The van der Waals surface area contributed by atoms with Gasteiger partial charge in [0.15, 0.2) is 0 Å². The van der Waals surface area contributed by atoms with Crippen LogP contribution in [0.2, 0.25) is 0 Å². The van der Waals surface area contributed by atoms with E-state index in [2.05, 4.69) is 5.32 Å². The van der Waals surface area contributed by atoms with Crippen LogP contribution in [0, 0.1) is 5.92 Å². The molecule has 2 atom stereocenters. The largest absolute Gasteiger partial charge is 0.491 e. The Morgan fingerprint density at radius 2 is 1.89 bits per heavy atom. The standard InChI is InChI=1S/C14H21NO3/c16-12(8-15-9-14(17)11-6-7-11)10-18-13-4-2-1-3-5-13/h1-5,11-12,14-17H,6-10H2. The van der Waals surface area contributed by atoms with Crippen molar-refractivity contribution in [3.8, 4) is 5.75 Å². The molecule has 0 amide bonds.